The van der Waals surface area contributed by atoms with Crippen molar-refractivity contribution in [1.29, 1.82) is 0 Å². The Morgan fingerprint density at radius 2 is 1.95 bits per heavy atom. The fraction of sp³-hybridized carbons (Fsp3) is 0.471. The lowest BCUT2D eigenvalue weighted by Crippen LogP contribution is -2.29. The van der Waals surface area contributed by atoms with E-state index in [4.69, 9.17) is 0 Å². The van der Waals surface area contributed by atoms with E-state index < -0.39 is 0 Å². The van der Waals surface area contributed by atoms with E-state index in [-0.39, 0.29) is 6.03 Å². The lowest BCUT2D eigenvalue weighted by atomic mass is 9.97. The second-order valence-corrected chi connectivity index (χ2v) is 5.68. The molecule has 1 aliphatic carbocycles. The molecule has 1 aliphatic rings. The van der Waals surface area contributed by atoms with Gasteiger partial charge in [-0.3, -0.25) is 0 Å². The number of benzene rings is 1. The number of amides is 2. The maximum atomic E-state index is 11.8. The third-order valence-electron chi connectivity index (χ3n) is 3.76. The SMILES string of the molecule is CN(C)c1ccc(NC(=O)NCCC2=CCCCC2)cc1. The van der Waals surface area contributed by atoms with E-state index in [9.17, 15) is 4.79 Å². The molecule has 4 heteroatoms. The van der Waals surface area contributed by atoms with Crippen molar-refractivity contribution in [1.82, 2.24) is 5.32 Å². The molecule has 0 aromatic heterocycles. The van der Waals surface area contributed by atoms with Gasteiger partial charge in [-0.2, -0.15) is 0 Å². The summed E-state index contributed by atoms with van der Waals surface area (Å²) in [6.45, 7) is 0.702. The van der Waals surface area contributed by atoms with Gasteiger partial charge in [-0.25, -0.2) is 4.79 Å². The molecule has 0 aliphatic heterocycles. The molecule has 1 aromatic carbocycles. The largest absolute Gasteiger partial charge is 0.378 e. The number of hydrogen-bond donors (Lipinski definition) is 2. The fourth-order valence-corrected chi connectivity index (χ4v) is 2.49. The Balaban J connectivity index is 1.72. The highest BCUT2D eigenvalue weighted by atomic mass is 16.2. The summed E-state index contributed by atoms with van der Waals surface area (Å²) >= 11 is 0. The van der Waals surface area contributed by atoms with Crippen LogP contribution in [0.4, 0.5) is 16.2 Å². The first-order valence-electron chi connectivity index (χ1n) is 7.65. The van der Waals surface area contributed by atoms with Gasteiger partial charge < -0.3 is 15.5 Å². The first-order chi connectivity index (χ1) is 10.1. The first-order valence-corrected chi connectivity index (χ1v) is 7.65. The summed E-state index contributed by atoms with van der Waals surface area (Å²) in [6, 6.07) is 7.67. The third kappa shape index (κ3) is 5.14. The van der Waals surface area contributed by atoms with Crippen LogP contribution in [-0.4, -0.2) is 26.7 Å². The van der Waals surface area contributed by atoms with Gasteiger partial charge in [0.1, 0.15) is 0 Å². The highest BCUT2D eigenvalue weighted by molar-refractivity contribution is 5.89. The number of carbonyl (C=O) groups excluding carboxylic acids is 1. The number of anilines is 2. The summed E-state index contributed by atoms with van der Waals surface area (Å²) in [4.78, 5) is 13.9. The van der Waals surface area contributed by atoms with E-state index in [0.29, 0.717) is 6.54 Å². The average Bonchev–Trinajstić information content (AvgIpc) is 2.49. The standard InChI is InChI=1S/C17H25N3O/c1-20(2)16-10-8-15(9-11-16)19-17(21)18-13-12-14-6-4-3-5-7-14/h6,8-11H,3-5,7,12-13H2,1-2H3,(H2,18,19,21). The van der Waals surface area contributed by atoms with Crippen molar-refractivity contribution in [2.75, 3.05) is 30.9 Å². The van der Waals surface area contributed by atoms with E-state index in [1.165, 1.54) is 31.3 Å². The zero-order chi connectivity index (χ0) is 15.1. The summed E-state index contributed by atoms with van der Waals surface area (Å²) in [5, 5.41) is 5.77. The molecule has 114 valence electrons. The fourth-order valence-electron chi connectivity index (χ4n) is 2.49. The smallest absolute Gasteiger partial charge is 0.319 e. The summed E-state index contributed by atoms with van der Waals surface area (Å²) in [7, 11) is 3.99. The van der Waals surface area contributed by atoms with Crippen molar-refractivity contribution in [2.24, 2.45) is 0 Å². The van der Waals surface area contributed by atoms with Crippen molar-refractivity contribution in [3.05, 3.63) is 35.9 Å². The Morgan fingerprint density at radius 3 is 2.57 bits per heavy atom. The van der Waals surface area contributed by atoms with Crippen molar-refractivity contribution in [3.63, 3.8) is 0 Å². The van der Waals surface area contributed by atoms with Crippen LogP contribution in [0.3, 0.4) is 0 Å². The van der Waals surface area contributed by atoms with Crippen LogP contribution in [0, 0.1) is 0 Å². The Bertz CT molecular complexity index is 491. The molecule has 0 saturated carbocycles. The van der Waals surface area contributed by atoms with Gasteiger partial charge >= 0.3 is 6.03 Å². The number of carbonyl (C=O) groups is 1. The number of allylic oxidation sites excluding steroid dienone is 1. The van der Waals surface area contributed by atoms with Crippen LogP contribution in [0.5, 0.6) is 0 Å². The van der Waals surface area contributed by atoms with Gasteiger partial charge in [-0.15, -0.1) is 0 Å². The van der Waals surface area contributed by atoms with Crippen molar-refractivity contribution in [3.8, 4) is 0 Å². The molecular weight excluding hydrogens is 262 g/mol. The van der Waals surface area contributed by atoms with E-state index in [1.807, 2.05) is 43.3 Å². The molecule has 0 saturated heterocycles. The average molecular weight is 287 g/mol. The number of nitrogens with zero attached hydrogens (tertiary/aromatic N) is 1. The molecule has 2 rings (SSSR count). The van der Waals surface area contributed by atoms with Gasteiger partial charge in [0, 0.05) is 32.0 Å². The van der Waals surface area contributed by atoms with Crippen LogP contribution in [0.15, 0.2) is 35.9 Å². The second kappa shape index (κ2) is 7.72. The summed E-state index contributed by atoms with van der Waals surface area (Å²) in [6.07, 6.45) is 8.27. The minimum absolute atomic E-state index is 0.135. The normalized spacial score (nSPS) is 14.3. The Morgan fingerprint density at radius 1 is 1.19 bits per heavy atom. The number of hydrogen-bond acceptors (Lipinski definition) is 2. The monoisotopic (exact) mass is 287 g/mol. The number of rotatable bonds is 5. The van der Waals surface area contributed by atoms with Crippen molar-refractivity contribution < 1.29 is 4.79 Å². The molecule has 2 amide bonds. The Labute approximate surface area is 127 Å². The predicted molar refractivity (Wildman–Crippen MR) is 89.0 cm³/mol. The van der Waals surface area contributed by atoms with Crippen LogP contribution < -0.4 is 15.5 Å². The molecule has 1 aromatic rings. The summed E-state index contributed by atoms with van der Waals surface area (Å²) in [5.74, 6) is 0. The maximum absolute atomic E-state index is 11.8. The number of urea groups is 1. The quantitative estimate of drug-likeness (QED) is 0.810. The molecular formula is C17H25N3O. The second-order valence-electron chi connectivity index (χ2n) is 5.68. The molecule has 2 N–H and O–H groups in total. The lowest BCUT2D eigenvalue weighted by Gasteiger charge is -2.14. The van der Waals surface area contributed by atoms with Crippen molar-refractivity contribution in [2.45, 2.75) is 32.1 Å². The van der Waals surface area contributed by atoms with E-state index >= 15 is 0 Å². The molecule has 0 spiro atoms. The minimum atomic E-state index is -0.135. The zero-order valence-corrected chi connectivity index (χ0v) is 13.0. The predicted octanol–water partition coefficient (Wildman–Crippen LogP) is 3.76. The molecule has 21 heavy (non-hydrogen) atoms. The molecule has 0 atom stereocenters. The molecule has 0 heterocycles. The van der Waals surface area contributed by atoms with Gasteiger partial charge in [-0.05, 0) is 56.4 Å². The van der Waals surface area contributed by atoms with Gasteiger partial charge in [0.2, 0.25) is 0 Å². The van der Waals surface area contributed by atoms with Crippen LogP contribution in [0.1, 0.15) is 32.1 Å². The lowest BCUT2D eigenvalue weighted by molar-refractivity contribution is 0.252. The van der Waals surface area contributed by atoms with Crippen LogP contribution in [-0.2, 0) is 0 Å². The third-order valence-corrected chi connectivity index (χ3v) is 3.76. The van der Waals surface area contributed by atoms with Crippen molar-refractivity contribution >= 4 is 17.4 Å². The molecule has 0 radical (unpaired) electrons. The van der Waals surface area contributed by atoms with E-state index in [1.54, 1.807) is 0 Å². The maximum Gasteiger partial charge on any atom is 0.319 e. The highest BCUT2D eigenvalue weighted by Crippen LogP contribution is 2.19. The van der Waals surface area contributed by atoms with E-state index in [0.717, 1.165) is 17.8 Å². The highest BCUT2D eigenvalue weighted by Gasteiger charge is 2.05. The number of nitrogens with one attached hydrogen (secondary N) is 2. The Hall–Kier alpha value is -1.97. The van der Waals surface area contributed by atoms with Gasteiger partial charge in [0.15, 0.2) is 0 Å². The molecule has 0 fully saturated rings. The van der Waals surface area contributed by atoms with Gasteiger partial charge in [-0.1, -0.05) is 11.6 Å². The minimum Gasteiger partial charge on any atom is -0.378 e. The topological polar surface area (TPSA) is 44.4 Å². The Kier molecular flexibility index (Phi) is 5.67. The molecule has 0 bridgehead atoms. The van der Waals surface area contributed by atoms with Gasteiger partial charge in [0.25, 0.3) is 0 Å². The first kappa shape index (κ1) is 15.4. The van der Waals surface area contributed by atoms with Crippen LogP contribution in [0.25, 0.3) is 0 Å². The zero-order valence-electron chi connectivity index (χ0n) is 13.0. The van der Waals surface area contributed by atoms with E-state index in [2.05, 4.69) is 16.7 Å². The van der Waals surface area contributed by atoms with Crippen LogP contribution >= 0.6 is 0 Å². The summed E-state index contributed by atoms with van der Waals surface area (Å²) in [5.41, 5.74) is 3.41. The van der Waals surface area contributed by atoms with Gasteiger partial charge in [0.05, 0.1) is 0 Å². The molecule has 0 unspecified atom stereocenters. The summed E-state index contributed by atoms with van der Waals surface area (Å²) < 4.78 is 0. The molecule has 4 nitrogen and oxygen atoms in total. The van der Waals surface area contributed by atoms with Crippen LogP contribution in [0.2, 0.25) is 0 Å².